The number of hydrogen-bond acceptors (Lipinski definition) is 5. The van der Waals surface area contributed by atoms with Crippen molar-refractivity contribution in [3.63, 3.8) is 0 Å². The Hall–Kier alpha value is -1.95. The first kappa shape index (κ1) is 13.1. The van der Waals surface area contributed by atoms with E-state index in [0.717, 1.165) is 0 Å². The van der Waals surface area contributed by atoms with E-state index in [1.807, 2.05) is 0 Å². The summed E-state index contributed by atoms with van der Waals surface area (Å²) in [4.78, 5) is 10.9. The Morgan fingerprint density at radius 3 is 2.53 bits per heavy atom. The molecule has 0 heterocycles. The number of nitrogens with two attached hydrogens (primary N) is 1. The summed E-state index contributed by atoms with van der Waals surface area (Å²) in [5.74, 6) is -0.388. The van der Waals surface area contributed by atoms with Gasteiger partial charge in [-0.1, -0.05) is 0 Å². The van der Waals surface area contributed by atoms with Gasteiger partial charge in [0.1, 0.15) is 6.61 Å². The fourth-order valence-corrected chi connectivity index (χ4v) is 1.27. The van der Waals surface area contributed by atoms with E-state index < -0.39 is 5.97 Å². The van der Waals surface area contributed by atoms with Crippen LogP contribution in [0.25, 0.3) is 0 Å². The lowest BCUT2D eigenvalue weighted by Crippen LogP contribution is -2.08. The normalized spacial score (nSPS) is 10.0. The van der Waals surface area contributed by atoms with Crippen molar-refractivity contribution in [1.29, 1.82) is 0 Å². The van der Waals surface area contributed by atoms with E-state index in [4.69, 9.17) is 25.1 Å². The molecular formula is C11H15NO5. The molecule has 0 spiro atoms. The van der Waals surface area contributed by atoms with Crippen LogP contribution in [0.2, 0.25) is 0 Å². The summed E-state index contributed by atoms with van der Waals surface area (Å²) in [5.41, 5.74) is 5.70. The number of ether oxygens (including phenoxy) is 3. The number of carboxylic acids is 1. The molecule has 0 saturated heterocycles. The molecule has 6 heteroatoms. The Kier molecular flexibility index (Phi) is 4.59. The largest absolute Gasteiger partial charge is 0.493 e. The molecule has 0 saturated carbocycles. The van der Waals surface area contributed by atoms with Crippen molar-refractivity contribution in [2.45, 2.75) is 0 Å². The molecule has 0 unspecified atom stereocenters. The molecule has 3 N–H and O–H groups in total. The molecule has 0 radical (unpaired) electrons. The highest BCUT2D eigenvalue weighted by Gasteiger charge is 2.14. The lowest BCUT2D eigenvalue weighted by molar-refractivity contribution is 0.0697. The van der Waals surface area contributed by atoms with E-state index in [1.54, 1.807) is 7.11 Å². The number of hydrogen-bond donors (Lipinski definition) is 2. The van der Waals surface area contributed by atoms with Gasteiger partial charge in [-0.2, -0.15) is 0 Å². The molecule has 0 amide bonds. The van der Waals surface area contributed by atoms with Gasteiger partial charge in [0.15, 0.2) is 11.5 Å². The van der Waals surface area contributed by atoms with Gasteiger partial charge < -0.3 is 25.1 Å². The molecule has 0 aliphatic heterocycles. The minimum absolute atomic E-state index is 0.0155. The molecular weight excluding hydrogens is 226 g/mol. The summed E-state index contributed by atoms with van der Waals surface area (Å²) in [7, 11) is 3.00. The Labute approximate surface area is 98.9 Å². The van der Waals surface area contributed by atoms with E-state index in [1.165, 1.54) is 19.2 Å². The first-order valence-corrected chi connectivity index (χ1v) is 4.92. The van der Waals surface area contributed by atoms with Crippen LogP contribution in [-0.4, -0.2) is 38.5 Å². The van der Waals surface area contributed by atoms with E-state index >= 15 is 0 Å². The standard InChI is InChI=1S/C11H15NO5/c1-15-3-4-17-10-5-7(11(13)14)8(12)6-9(10)16-2/h5-6H,3-4,12H2,1-2H3,(H,13,14). The van der Waals surface area contributed by atoms with Crippen molar-refractivity contribution in [2.24, 2.45) is 0 Å². The van der Waals surface area contributed by atoms with Gasteiger partial charge in [0.2, 0.25) is 0 Å². The van der Waals surface area contributed by atoms with Crippen molar-refractivity contribution in [1.82, 2.24) is 0 Å². The second-order valence-corrected chi connectivity index (χ2v) is 3.24. The zero-order chi connectivity index (χ0) is 12.8. The highest BCUT2D eigenvalue weighted by molar-refractivity contribution is 5.94. The SMILES string of the molecule is COCCOc1cc(C(=O)O)c(N)cc1OC. The van der Waals surface area contributed by atoms with Crippen LogP contribution in [0.4, 0.5) is 5.69 Å². The zero-order valence-corrected chi connectivity index (χ0v) is 9.73. The third-order valence-electron chi connectivity index (χ3n) is 2.11. The number of carbonyl (C=O) groups is 1. The highest BCUT2D eigenvalue weighted by Crippen LogP contribution is 2.32. The molecule has 0 aromatic heterocycles. The summed E-state index contributed by atoms with van der Waals surface area (Å²) in [6, 6.07) is 2.76. The maximum Gasteiger partial charge on any atom is 0.337 e. The molecule has 0 atom stereocenters. The minimum atomic E-state index is -1.11. The molecule has 0 aliphatic rings. The number of aromatic carboxylic acids is 1. The van der Waals surface area contributed by atoms with Crippen LogP contribution < -0.4 is 15.2 Å². The Bertz CT molecular complexity index is 405. The smallest absolute Gasteiger partial charge is 0.337 e. The predicted molar refractivity (Wildman–Crippen MR) is 61.7 cm³/mol. The van der Waals surface area contributed by atoms with Crippen LogP contribution in [0.5, 0.6) is 11.5 Å². The van der Waals surface area contributed by atoms with Crippen molar-refractivity contribution >= 4 is 11.7 Å². The third-order valence-corrected chi connectivity index (χ3v) is 2.11. The van der Waals surface area contributed by atoms with E-state index in [2.05, 4.69) is 0 Å². The summed E-state index contributed by atoms with van der Waals surface area (Å²) in [6.07, 6.45) is 0. The van der Waals surface area contributed by atoms with Crippen LogP contribution in [0, 0.1) is 0 Å². The summed E-state index contributed by atoms with van der Waals surface area (Å²) in [6.45, 7) is 0.700. The first-order valence-electron chi connectivity index (χ1n) is 4.92. The summed E-state index contributed by atoms with van der Waals surface area (Å²) in [5, 5.41) is 8.92. The number of nitrogen functional groups attached to an aromatic ring is 1. The minimum Gasteiger partial charge on any atom is -0.493 e. The second kappa shape index (κ2) is 5.95. The quantitative estimate of drug-likeness (QED) is 0.570. The van der Waals surface area contributed by atoms with Gasteiger partial charge in [-0.3, -0.25) is 0 Å². The topological polar surface area (TPSA) is 91.0 Å². The molecule has 0 aliphatic carbocycles. The van der Waals surface area contributed by atoms with Crippen LogP contribution in [0.1, 0.15) is 10.4 Å². The lowest BCUT2D eigenvalue weighted by Gasteiger charge is -2.12. The van der Waals surface area contributed by atoms with Crippen LogP contribution in [-0.2, 0) is 4.74 Å². The molecule has 1 rings (SSSR count). The summed E-state index contributed by atoms with van der Waals surface area (Å²) >= 11 is 0. The van der Waals surface area contributed by atoms with E-state index in [9.17, 15) is 4.79 Å². The number of benzene rings is 1. The van der Waals surface area contributed by atoms with Gasteiger partial charge in [0.25, 0.3) is 0 Å². The van der Waals surface area contributed by atoms with E-state index in [0.29, 0.717) is 24.7 Å². The predicted octanol–water partition coefficient (Wildman–Crippen LogP) is 1.00. The zero-order valence-electron chi connectivity index (χ0n) is 9.73. The van der Waals surface area contributed by atoms with Crippen molar-refractivity contribution in [3.8, 4) is 11.5 Å². The monoisotopic (exact) mass is 241 g/mol. The maximum atomic E-state index is 10.9. The van der Waals surface area contributed by atoms with Gasteiger partial charge >= 0.3 is 5.97 Å². The van der Waals surface area contributed by atoms with Gasteiger partial charge in [-0.05, 0) is 0 Å². The maximum absolute atomic E-state index is 10.9. The molecule has 0 bridgehead atoms. The number of rotatable bonds is 6. The number of carboxylic acid groups (broad SMARTS) is 1. The van der Waals surface area contributed by atoms with Gasteiger partial charge in [-0.15, -0.1) is 0 Å². The second-order valence-electron chi connectivity index (χ2n) is 3.24. The Balaban J connectivity index is 2.99. The lowest BCUT2D eigenvalue weighted by atomic mass is 10.1. The first-order chi connectivity index (χ1) is 8.10. The average Bonchev–Trinajstić information content (AvgIpc) is 2.30. The number of methoxy groups -OCH3 is 2. The summed E-state index contributed by atoms with van der Waals surface area (Å²) < 4.78 is 15.2. The van der Waals surface area contributed by atoms with Crippen LogP contribution >= 0.6 is 0 Å². The average molecular weight is 241 g/mol. The van der Waals surface area contributed by atoms with Crippen molar-refractivity contribution in [3.05, 3.63) is 17.7 Å². The fraction of sp³-hybridized carbons (Fsp3) is 0.364. The molecule has 0 fully saturated rings. The molecule has 6 nitrogen and oxygen atoms in total. The van der Waals surface area contributed by atoms with Crippen LogP contribution in [0.3, 0.4) is 0 Å². The molecule has 1 aromatic carbocycles. The molecule has 17 heavy (non-hydrogen) atoms. The van der Waals surface area contributed by atoms with Crippen molar-refractivity contribution < 1.29 is 24.1 Å². The van der Waals surface area contributed by atoms with Gasteiger partial charge in [-0.25, -0.2) is 4.79 Å². The third kappa shape index (κ3) is 3.25. The molecule has 1 aromatic rings. The molecule has 94 valence electrons. The fourth-order valence-electron chi connectivity index (χ4n) is 1.27. The van der Waals surface area contributed by atoms with Gasteiger partial charge in [0.05, 0.1) is 25.0 Å². The van der Waals surface area contributed by atoms with Crippen molar-refractivity contribution in [2.75, 3.05) is 33.2 Å². The Morgan fingerprint density at radius 1 is 1.29 bits per heavy atom. The Morgan fingerprint density at radius 2 is 2.00 bits per heavy atom. The van der Waals surface area contributed by atoms with E-state index in [-0.39, 0.29) is 11.3 Å². The van der Waals surface area contributed by atoms with Gasteiger partial charge in [0, 0.05) is 19.2 Å². The number of anilines is 1. The highest BCUT2D eigenvalue weighted by atomic mass is 16.5. The van der Waals surface area contributed by atoms with Crippen LogP contribution in [0.15, 0.2) is 12.1 Å².